The van der Waals surface area contributed by atoms with Gasteiger partial charge < -0.3 is 5.32 Å². The summed E-state index contributed by atoms with van der Waals surface area (Å²) in [6.07, 6.45) is 4.89. The zero-order valence-electron chi connectivity index (χ0n) is 11.8. The number of nitrogens with one attached hydrogen (secondary N) is 1. The first-order chi connectivity index (χ1) is 10.6. The van der Waals surface area contributed by atoms with Crippen molar-refractivity contribution in [3.8, 4) is 0 Å². The van der Waals surface area contributed by atoms with Gasteiger partial charge in [-0.3, -0.25) is 19.3 Å². The van der Waals surface area contributed by atoms with Gasteiger partial charge in [-0.05, 0) is 37.1 Å². The zero-order valence-corrected chi connectivity index (χ0v) is 11.8. The molecule has 2 atom stereocenters. The molecule has 114 valence electrons. The van der Waals surface area contributed by atoms with E-state index in [9.17, 15) is 18.8 Å². The zero-order chi connectivity index (χ0) is 15.7. The predicted octanol–water partition coefficient (Wildman–Crippen LogP) is 1.72. The molecule has 2 aliphatic rings. The Hall–Kier alpha value is -2.50. The van der Waals surface area contributed by atoms with Crippen LogP contribution in [0, 0.1) is 17.7 Å². The number of allylic oxidation sites excluding steroid dienone is 2. The number of hydrogen-bond acceptors (Lipinski definition) is 3. The van der Waals surface area contributed by atoms with Crippen LogP contribution in [0.25, 0.3) is 0 Å². The van der Waals surface area contributed by atoms with Crippen LogP contribution in [0.3, 0.4) is 0 Å². The lowest BCUT2D eigenvalue weighted by molar-refractivity contribution is -0.142. The molecule has 1 fully saturated rings. The minimum Gasteiger partial charge on any atom is -0.325 e. The summed E-state index contributed by atoms with van der Waals surface area (Å²) >= 11 is 0. The van der Waals surface area contributed by atoms with E-state index >= 15 is 0 Å². The molecule has 0 saturated carbocycles. The molecule has 3 rings (SSSR count). The Morgan fingerprint density at radius 3 is 2.18 bits per heavy atom. The van der Waals surface area contributed by atoms with Crippen molar-refractivity contribution in [2.45, 2.75) is 12.8 Å². The number of imide groups is 1. The lowest BCUT2D eigenvalue weighted by atomic mass is 9.85. The van der Waals surface area contributed by atoms with Crippen molar-refractivity contribution in [3.63, 3.8) is 0 Å². The van der Waals surface area contributed by atoms with Gasteiger partial charge in [0.2, 0.25) is 17.7 Å². The average molecular weight is 302 g/mol. The number of carbonyl (C=O) groups is 3. The van der Waals surface area contributed by atoms with Crippen LogP contribution in [0.15, 0.2) is 36.4 Å². The van der Waals surface area contributed by atoms with Crippen molar-refractivity contribution in [1.29, 1.82) is 0 Å². The second-order valence-electron chi connectivity index (χ2n) is 5.47. The molecule has 0 unspecified atom stereocenters. The first kappa shape index (κ1) is 14.4. The number of carbonyl (C=O) groups excluding carboxylic acids is 3. The summed E-state index contributed by atoms with van der Waals surface area (Å²) in [5.74, 6) is -2.12. The number of halogens is 1. The monoisotopic (exact) mass is 302 g/mol. The summed E-state index contributed by atoms with van der Waals surface area (Å²) in [4.78, 5) is 37.5. The molecule has 1 aliphatic heterocycles. The molecule has 3 amide bonds. The fraction of sp³-hybridized carbons (Fsp3) is 0.312. The first-order valence-corrected chi connectivity index (χ1v) is 7.12. The molecule has 1 saturated heterocycles. The highest BCUT2D eigenvalue weighted by atomic mass is 19.1. The van der Waals surface area contributed by atoms with E-state index in [0.717, 1.165) is 4.90 Å². The Labute approximate surface area is 126 Å². The van der Waals surface area contributed by atoms with Gasteiger partial charge in [0.1, 0.15) is 12.4 Å². The fourth-order valence-electron chi connectivity index (χ4n) is 2.90. The van der Waals surface area contributed by atoms with E-state index in [1.165, 1.54) is 24.3 Å². The molecule has 0 bridgehead atoms. The van der Waals surface area contributed by atoms with Gasteiger partial charge in [-0.15, -0.1) is 0 Å². The number of hydrogen-bond donors (Lipinski definition) is 1. The molecule has 0 spiro atoms. The Morgan fingerprint density at radius 2 is 1.64 bits per heavy atom. The van der Waals surface area contributed by atoms with Gasteiger partial charge >= 0.3 is 0 Å². The van der Waals surface area contributed by atoms with E-state index in [0.29, 0.717) is 18.5 Å². The Bertz CT molecular complexity index is 628. The maximum atomic E-state index is 12.8. The van der Waals surface area contributed by atoms with Crippen molar-refractivity contribution < 1.29 is 18.8 Å². The Kier molecular flexibility index (Phi) is 3.75. The number of anilines is 1. The van der Waals surface area contributed by atoms with Crippen molar-refractivity contribution in [3.05, 3.63) is 42.2 Å². The van der Waals surface area contributed by atoms with E-state index in [2.05, 4.69) is 5.32 Å². The number of amides is 3. The average Bonchev–Trinajstić information content (AvgIpc) is 2.75. The number of likely N-dealkylation sites (tertiary alicyclic amines) is 1. The summed E-state index contributed by atoms with van der Waals surface area (Å²) in [7, 11) is 0. The quantitative estimate of drug-likeness (QED) is 0.683. The third-order valence-corrected chi connectivity index (χ3v) is 4.03. The van der Waals surface area contributed by atoms with E-state index in [-0.39, 0.29) is 30.2 Å². The van der Waals surface area contributed by atoms with Gasteiger partial charge in [0, 0.05) is 5.69 Å². The molecule has 1 N–H and O–H groups in total. The van der Waals surface area contributed by atoms with Crippen molar-refractivity contribution in [2.24, 2.45) is 11.8 Å². The van der Waals surface area contributed by atoms with Crippen LogP contribution >= 0.6 is 0 Å². The summed E-state index contributed by atoms with van der Waals surface area (Å²) in [6.45, 7) is -0.304. The summed E-state index contributed by atoms with van der Waals surface area (Å²) in [6, 6.07) is 5.29. The molecular weight excluding hydrogens is 287 g/mol. The smallest absolute Gasteiger partial charge is 0.244 e. The molecule has 0 radical (unpaired) electrons. The standard InChI is InChI=1S/C16H15FN2O3/c17-10-5-7-11(8-6-10)18-14(20)9-19-15(21)12-3-1-2-4-13(12)16(19)22/h1-2,5-8,12-13H,3-4,9H2,(H,18,20)/t12-,13-/m0/s1. The van der Waals surface area contributed by atoms with E-state index in [1.54, 1.807) is 0 Å². The molecule has 6 heteroatoms. The van der Waals surface area contributed by atoms with Gasteiger partial charge in [0.05, 0.1) is 11.8 Å². The third kappa shape index (κ3) is 2.64. The molecule has 0 aromatic heterocycles. The normalized spacial score (nSPS) is 23.6. The molecule has 1 aliphatic carbocycles. The molecule has 1 aromatic carbocycles. The number of benzene rings is 1. The van der Waals surface area contributed by atoms with E-state index in [1.807, 2.05) is 12.2 Å². The summed E-state index contributed by atoms with van der Waals surface area (Å²) < 4.78 is 12.8. The minimum atomic E-state index is -0.472. The van der Waals surface area contributed by atoms with Crippen LogP contribution in [0.4, 0.5) is 10.1 Å². The topological polar surface area (TPSA) is 66.5 Å². The SMILES string of the molecule is O=C(CN1C(=O)[C@H]2CC=CC[C@@H]2C1=O)Nc1ccc(F)cc1. The first-order valence-electron chi connectivity index (χ1n) is 7.12. The van der Waals surface area contributed by atoms with Crippen LogP contribution in [-0.2, 0) is 14.4 Å². The second kappa shape index (κ2) is 5.71. The van der Waals surface area contributed by atoms with Crippen LogP contribution in [-0.4, -0.2) is 29.2 Å². The fourth-order valence-corrected chi connectivity index (χ4v) is 2.90. The lowest BCUT2D eigenvalue weighted by Crippen LogP contribution is -2.38. The van der Waals surface area contributed by atoms with Crippen LogP contribution in [0.1, 0.15) is 12.8 Å². The minimum absolute atomic E-state index is 0.284. The number of nitrogens with zero attached hydrogens (tertiary/aromatic N) is 1. The maximum Gasteiger partial charge on any atom is 0.244 e. The van der Waals surface area contributed by atoms with Crippen LogP contribution in [0.2, 0.25) is 0 Å². The van der Waals surface area contributed by atoms with Gasteiger partial charge in [-0.2, -0.15) is 0 Å². The highest BCUT2D eigenvalue weighted by molar-refractivity contribution is 6.08. The predicted molar refractivity (Wildman–Crippen MR) is 77.1 cm³/mol. The summed E-state index contributed by atoms with van der Waals surface area (Å²) in [5, 5.41) is 2.55. The van der Waals surface area contributed by atoms with E-state index < -0.39 is 11.7 Å². The maximum absolute atomic E-state index is 12.8. The van der Waals surface area contributed by atoms with Crippen molar-refractivity contribution in [1.82, 2.24) is 4.90 Å². The van der Waals surface area contributed by atoms with Crippen molar-refractivity contribution in [2.75, 3.05) is 11.9 Å². The number of rotatable bonds is 3. The molecule has 1 heterocycles. The molecule has 1 aromatic rings. The Morgan fingerprint density at radius 1 is 1.09 bits per heavy atom. The number of fused-ring (bicyclic) bond motifs is 1. The highest BCUT2D eigenvalue weighted by Crippen LogP contribution is 2.34. The van der Waals surface area contributed by atoms with Gasteiger partial charge in [-0.1, -0.05) is 12.2 Å². The highest BCUT2D eigenvalue weighted by Gasteiger charge is 2.47. The third-order valence-electron chi connectivity index (χ3n) is 4.03. The van der Waals surface area contributed by atoms with Gasteiger partial charge in [0.25, 0.3) is 0 Å². The largest absolute Gasteiger partial charge is 0.325 e. The molecular formula is C16H15FN2O3. The van der Waals surface area contributed by atoms with Gasteiger partial charge in [-0.25, -0.2) is 4.39 Å². The Balaban J connectivity index is 1.65. The van der Waals surface area contributed by atoms with Gasteiger partial charge in [0.15, 0.2) is 0 Å². The second-order valence-corrected chi connectivity index (χ2v) is 5.47. The molecule has 22 heavy (non-hydrogen) atoms. The lowest BCUT2D eigenvalue weighted by Gasteiger charge is -2.14. The van der Waals surface area contributed by atoms with Crippen LogP contribution in [0.5, 0.6) is 0 Å². The van der Waals surface area contributed by atoms with E-state index in [4.69, 9.17) is 0 Å². The van der Waals surface area contributed by atoms with Crippen molar-refractivity contribution >= 4 is 23.4 Å². The van der Waals surface area contributed by atoms with Crippen LogP contribution < -0.4 is 5.32 Å². The summed E-state index contributed by atoms with van der Waals surface area (Å²) in [5.41, 5.74) is 0.421. The molecule has 5 nitrogen and oxygen atoms in total.